The minimum Gasteiger partial charge on any atom is -0.493 e. The van der Waals surface area contributed by atoms with Gasteiger partial charge in [0.25, 0.3) is 0 Å². The molecule has 2 aromatic carbocycles. The zero-order chi connectivity index (χ0) is 20.5. The lowest BCUT2D eigenvalue weighted by Crippen LogP contribution is -2.36. The standard InChI is InChI=1S/C21H25F2N3O2.HI/c1-5-6-15-9-14(10-19(27-3)20(15)28-4)12-25-21(24-2)26-13-16-11-17(22)7-8-18(16)23;/h5,7-11H,1,6,12-13H2,2-4H3,(H2,24,25,26);1H. The Bertz CT molecular complexity index is 860. The third-order valence-electron chi connectivity index (χ3n) is 4.12. The van der Waals surface area contributed by atoms with Crippen molar-refractivity contribution in [3.05, 3.63) is 71.3 Å². The van der Waals surface area contributed by atoms with Gasteiger partial charge in [-0.15, -0.1) is 30.6 Å². The van der Waals surface area contributed by atoms with Crippen molar-refractivity contribution >= 4 is 29.9 Å². The lowest BCUT2D eigenvalue weighted by Gasteiger charge is -2.16. The highest BCUT2D eigenvalue weighted by Crippen LogP contribution is 2.33. The summed E-state index contributed by atoms with van der Waals surface area (Å²) in [5.41, 5.74) is 2.13. The van der Waals surface area contributed by atoms with Crippen LogP contribution in [0.3, 0.4) is 0 Å². The first-order valence-corrected chi connectivity index (χ1v) is 8.75. The Hall–Kier alpha value is -2.36. The summed E-state index contributed by atoms with van der Waals surface area (Å²) in [5.74, 6) is 0.807. The van der Waals surface area contributed by atoms with Gasteiger partial charge in [0.2, 0.25) is 0 Å². The van der Waals surface area contributed by atoms with E-state index in [0.717, 1.165) is 29.3 Å². The molecule has 0 amide bonds. The number of aliphatic imine (C=N–C) groups is 1. The van der Waals surface area contributed by atoms with Crippen molar-refractivity contribution in [3.8, 4) is 11.5 Å². The zero-order valence-electron chi connectivity index (χ0n) is 16.7. The van der Waals surface area contributed by atoms with Crippen molar-refractivity contribution in [1.82, 2.24) is 10.6 Å². The number of nitrogens with zero attached hydrogens (tertiary/aromatic N) is 1. The first-order chi connectivity index (χ1) is 13.5. The minimum atomic E-state index is -0.485. The van der Waals surface area contributed by atoms with Gasteiger partial charge in [-0.2, -0.15) is 0 Å². The minimum absolute atomic E-state index is 0. The number of allylic oxidation sites excluding steroid dienone is 1. The van der Waals surface area contributed by atoms with E-state index in [1.807, 2.05) is 12.1 Å². The second-order valence-electron chi connectivity index (χ2n) is 6.00. The number of ether oxygens (including phenoxy) is 2. The molecule has 0 saturated carbocycles. The number of guanidine groups is 1. The number of hydrogen-bond acceptors (Lipinski definition) is 3. The largest absolute Gasteiger partial charge is 0.493 e. The Kier molecular flexibility index (Phi) is 10.4. The molecule has 0 aliphatic rings. The fourth-order valence-corrected chi connectivity index (χ4v) is 2.78. The molecule has 29 heavy (non-hydrogen) atoms. The summed E-state index contributed by atoms with van der Waals surface area (Å²) in [6.07, 6.45) is 2.43. The van der Waals surface area contributed by atoms with E-state index < -0.39 is 11.6 Å². The fraction of sp³-hybridized carbons (Fsp3) is 0.286. The first-order valence-electron chi connectivity index (χ1n) is 8.75. The van der Waals surface area contributed by atoms with E-state index in [9.17, 15) is 8.78 Å². The van der Waals surface area contributed by atoms with Crippen LogP contribution in [0.1, 0.15) is 16.7 Å². The number of rotatable bonds is 8. The van der Waals surface area contributed by atoms with E-state index in [2.05, 4.69) is 22.2 Å². The van der Waals surface area contributed by atoms with E-state index in [1.165, 1.54) is 0 Å². The van der Waals surface area contributed by atoms with Gasteiger partial charge in [0.05, 0.1) is 14.2 Å². The number of benzene rings is 2. The van der Waals surface area contributed by atoms with Crippen LogP contribution < -0.4 is 20.1 Å². The average Bonchev–Trinajstić information content (AvgIpc) is 2.70. The molecule has 2 rings (SSSR count). The Morgan fingerprint density at radius 1 is 1.07 bits per heavy atom. The molecule has 0 aliphatic carbocycles. The molecule has 0 aliphatic heterocycles. The van der Waals surface area contributed by atoms with E-state index in [4.69, 9.17) is 9.47 Å². The van der Waals surface area contributed by atoms with Crippen LogP contribution >= 0.6 is 24.0 Å². The Morgan fingerprint density at radius 2 is 1.79 bits per heavy atom. The molecular weight excluding hydrogens is 491 g/mol. The summed E-state index contributed by atoms with van der Waals surface area (Å²) < 4.78 is 37.9. The molecule has 0 bridgehead atoms. The maximum absolute atomic E-state index is 13.7. The van der Waals surface area contributed by atoms with Crippen LogP contribution in [0.5, 0.6) is 11.5 Å². The van der Waals surface area contributed by atoms with Crippen molar-refractivity contribution in [1.29, 1.82) is 0 Å². The summed E-state index contributed by atoms with van der Waals surface area (Å²) in [6, 6.07) is 7.22. The summed E-state index contributed by atoms with van der Waals surface area (Å²) >= 11 is 0. The van der Waals surface area contributed by atoms with Gasteiger partial charge in [-0.25, -0.2) is 8.78 Å². The van der Waals surface area contributed by atoms with Gasteiger partial charge in [0, 0.05) is 31.3 Å². The molecule has 0 unspecified atom stereocenters. The highest BCUT2D eigenvalue weighted by atomic mass is 127. The van der Waals surface area contributed by atoms with Gasteiger partial charge in [-0.05, 0) is 42.3 Å². The molecule has 0 atom stereocenters. The van der Waals surface area contributed by atoms with E-state index in [-0.39, 0.29) is 36.1 Å². The van der Waals surface area contributed by atoms with Gasteiger partial charge in [-0.1, -0.05) is 6.08 Å². The second-order valence-corrected chi connectivity index (χ2v) is 6.00. The van der Waals surface area contributed by atoms with E-state index in [1.54, 1.807) is 27.3 Å². The summed E-state index contributed by atoms with van der Waals surface area (Å²) in [6.45, 7) is 4.33. The second kappa shape index (κ2) is 12.3. The van der Waals surface area contributed by atoms with Crippen molar-refractivity contribution in [2.24, 2.45) is 4.99 Å². The van der Waals surface area contributed by atoms with Crippen LogP contribution in [0.15, 0.2) is 48.0 Å². The molecule has 5 nitrogen and oxygen atoms in total. The van der Waals surface area contributed by atoms with Crippen molar-refractivity contribution < 1.29 is 18.3 Å². The van der Waals surface area contributed by atoms with Gasteiger partial charge in [-0.3, -0.25) is 4.99 Å². The zero-order valence-corrected chi connectivity index (χ0v) is 19.1. The Labute approximate surface area is 187 Å². The van der Waals surface area contributed by atoms with Crippen molar-refractivity contribution in [2.45, 2.75) is 19.5 Å². The van der Waals surface area contributed by atoms with Crippen LogP contribution in [0, 0.1) is 11.6 Å². The molecule has 0 saturated heterocycles. The molecule has 0 radical (unpaired) electrons. The number of hydrogen-bond donors (Lipinski definition) is 2. The molecule has 2 N–H and O–H groups in total. The number of nitrogens with one attached hydrogen (secondary N) is 2. The Morgan fingerprint density at radius 3 is 2.41 bits per heavy atom. The lowest BCUT2D eigenvalue weighted by atomic mass is 10.1. The van der Waals surface area contributed by atoms with Crippen molar-refractivity contribution in [2.75, 3.05) is 21.3 Å². The third kappa shape index (κ3) is 6.88. The molecule has 0 spiro atoms. The molecule has 0 fully saturated rings. The van der Waals surface area contributed by atoms with Gasteiger partial charge >= 0.3 is 0 Å². The highest BCUT2D eigenvalue weighted by Gasteiger charge is 2.12. The van der Waals surface area contributed by atoms with E-state index in [0.29, 0.717) is 30.4 Å². The van der Waals surface area contributed by atoms with Crippen LogP contribution in [-0.4, -0.2) is 27.2 Å². The maximum atomic E-state index is 13.7. The topological polar surface area (TPSA) is 54.9 Å². The normalized spacial score (nSPS) is 10.7. The number of methoxy groups -OCH3 is 2. The van der Waals surface area contributed by atoms with Crippen LogP contribution in [-0.2, 0) is 19.5 Å². The van der Waals surface area contributed by atoms with Crippen LogP contribution in [0.25, 0.3) is 0 Å². The molecule has 8 heteroatoms. The fourth-order valence-electron chi connectivity index (χ4n) is 2.78. The van der Waals surface area contributed by atoms with Gasteiger partial charge in [0.1, 0.15) is 11.6 Å². The SMILES string of the molecule is C=CCc1cc(CNC(=NC)NCc2cc(F)ccc2F)cc(OC)c1OC.I. The quantitative estimate of drug-likeness (QED) is 0.239. The average molecular weight is 517 g/mol. The maximum Gasteiger partial charge on any atom is 0.191 e. The summed E-state index contributed by atoms with van der Waals surface area (Å²) in [4.78, 5) is 4.11. The van der Waals surface area contributed by atoms with Crippen LogP contribution in [0.2, 0.25) is 0 Å². The van der Waals surface area contributed by atoms with Gasteiger partial charge < -0.3 is 20.1 Å². The highest BCUT2D eigenvalue weighted by molar-refractivity contribution is 14.0. The lowest BCUT2D eigenvalue weighted by molar-refractivity contribution is 0.352. The summed E-state index contributed by atoms with van der Waals surface area (Å²) in [5, 5.41) is 6.12. The monoisotopic (exact) mass is 517 g/mol. The third-order valence-corrected chi connectivity index (χ3v) is 4.12. The number of halogens is 3. The summed E-state index contributed by atoms with van der Waals surface area (Å²) in [7, 11) is 4.79. The van der Waals surface area contributed by atoms with E-state index >= 15 is 0 Å². The molecule has 0 heterocycles. The molecule has 158 valence electrons. The van der Waals surface area contributed by atoms with Crippen molar-refractivity contribution in [3.63, 3.8) is 0 Å². The predicted molar refractivity (Wildman–Crippen MR) is 122 cm³/mol. The predicted octanol–water partition coefficient (Wildman–Crippen LogP) is 4.19. The molecular formula is C21H26F2IN3O2. The Balaban J connectivity index is 0.00000420. The van der Waals surface area contributed by atoms with Crippen LogP contribution in [0.4, 0.5) is 8.78 Å². The first kappa shape index (κ1) is 24.7. The van der Waals surface area contributed by atoms with Gasteiger partial charge in [0.15, 0.2) is 17.5 Å². The molecule has 2 aromatic rings. The molecule has 0 aromatic heterocycles. The smallest absolute Gasteiger partial charge is 0.191 e.